The molecule has 31 heavy (non-hydrogen) atoms. The number of carbonyl (C=O) groups is 2. The van der Waals surface area contributed by atoms with Gasteiger partial charge in [0, 0.05) is 29.1 Å². The van der Waals surface area contributed by atoms with E-state index in [-0.39, 0.29) is 17.9 Å². The summed E-state index contributed by atoms with van der Waals surface area (Å²) in [7, 11) is 1.40. The van der Waals surface area contributed by atoms with Gasteiger partial charge in [-0.05, 0) is 80.5 Å². The van der Waals surface area contributed by atoms with Gasteiger partial charge >= 0.3 is 5.97 Å². The second-order valence-electron chi connectivity index (χ2n) is 7.91. The highest BCUT2D eigenvalue weighted by Gasteiger charge is 2.29. The summed E-state index contributed by atoms with van der Waals surface area (Å²) < 4.78 is 6.62. The standard InChI is InChI=1S/C24H27N3O3S/c1-15-20(9-10-23(28)30-4)17(3)27(25-15)19-7-5-18(6-8-19)24(29)26-13-11-22-21(16(26)2)12-14-31-22/h5-8,12,14,16H,9-11,13H2,1-4H3. The quantitative estimate of drug-likeness (QED) is 0.555. The minimum Gasteiger partial charge on any atom is -0.469 e. The van der Waals surface area contributed by atoms with E-state index < -0.39 is 0 Å². The minimum atomic E-state index is -0.226. The fraction of sp³-hybridized carbons (Fsp3) is 0.375. The molecular weight excluding hydrogens is 410 g/mol. The van der Waals surface area contributed by atoms with Crippen molar-refractivity contribution in [2.24, 2.45) is 0 Å². The third-order valence-electron chi connectivity index (χ3n) is 6.14. The Labute approximate surface area is 186 Å². The predicted molar refractivity (Wildman–Crippen MR) is 121 cm³/mol. The van der Waals surface area contributed by atoms with Crippen LogP contribution in [-0.2, 0) is 22.4 Å². The van der Waals surface area contributed by atoms with Crippen molar-refractivity contribution in [2.75, 3.05) is 13.7 Å². The summed E-state index contributed by atoms with van der Waals surface area (Å²) in [6.07, 6.45) is 1.84. The lowest BCUT2D eigenvalue weighted by molar-refractivity contribution is -0.140. The first-order valence-corrected chi connectivity index (χ1v) is 11.4. The van der Waals surface area contributed by atoms with Crippen LogP contribution in [0.1, 0.15) is 57.1 Å². The van der Waals surface area contributed by atoms with E-state index in [9.17, 15) is 9.59 Å². The van der Waals surface area contributed by atoms with Crippen molar-refractivity contribution < 1.29 is 14.3 Å². The molecule has 4 rings (SSSR count). The molecule has 1 aliphatic heterocycles. The number of thiophene rings is 1. The number of nitrogens with zero attached hydrogens (tertiary/aromatic N) is 3. The molecule has 0 bridgehead atoms. The van der Waals surface area contributed by atoms with Crippen LogP contribution in [0.25, 0.3) is 5.69 Å². The van der Waals surface area contributed by atoms with E-state index in [0.29, 0.717) is 18.4 Å². The lowest BCUT2D eigenvalue weighted by Gasteiger charge is -2.33. The van der Waals surface area contributed by atoms with Gasteiger partial charge in [0.15, 0.2) is 0 Å². The van der Waals surface area contributed by atoms with E-state index in [1.165, 1.54) is 17.6 Å². The largest absolute Gasteiger partial charge is 0.469 e. The molecule has 1 aromatic carbocycles. The average Bonchev–Trinajstić information content (AvgIpc) is 3.37. The Morgan fingerprint density at radius 1 is 1.19 bits per heavy atom. The summed E-state index contributed by atoms with van der Waals surface area (Å²) in [5.41, 5.74) is 5.79. The van der Waals surface area contributed by atoms with Crippen LogP contribution < -0.4 is 0 Å². The molecule has 0 saturated carbocycles. The zero-order valence-corrected chi connectivity index (χ0v) is 19.2. The molecular formula is C24H27N3O3S. The Morgan fingerprint density at radius 2 is 1.94 bits per heavy atom. The molecule has 6 nitrogen and oxygen atoms in total. The number of carbonyl (C=O) groups excluding carboxylic acids is 2. The van der Waals surface area contributed by atoms with Crippen molar-refractivity contribution in [2.45, 2.75) is 46.1 Å². The van der Waals surface area contributed by atoms with Gasteiger partial charge in [-0.3, -0.25) is 9.59 Å². The molecule has 1 aliphatic rings. The van der Waals surface area contributed by atoms with Crippen molar-refractivity contribution in [3.63, 3.8) is 0 Å². The minimum absolute atomic E-state index is 0.0584. The highest BCUT2D eigenvalue weighted by atomic mass is 32.1. The fourth-order valence-electron chi connectivity index (χ4n) is 4.32. The summed E-state index contributed by atoms with van der Waals surface area (Å²) in [4.78, 5) is 28.0. The van der Waals surface area contributed by atoms with E-state index in [4.69, 9.17) is 4.74 Å². The highest BCUT2D eigenvalue weighted by Crippen LogP contribution is 2.33. The zero-order valence-electron chi connectivity index (χ0n) is 18.3. The summed E-state index contributed by atoms with van der Waals surface area (Å²) in [6, 6.07) is 9.84. The van der Waals surface area contributed by atoms with Gasteiger partial charge in [-0.2, -0.15) is 5.10 Å². The molecule has 3 heterocycles. The van der Waals surface area contributed by atoms with Crippen LogP contribution in [0.3, 0.4) is 0 Å². The molecule has 0 spiro atoms. The molecule has 0 fully saturated rings. The summed E-state index contributed by atoms with van der Waals surface area (Å²) in [5.74, 6) is -0.168. The molecule has 0 saturated heterocycles. The smallest absolute Gasteiger partial charge is 0.305 e. The maximum atomic E-state index is 13.2. The zero-order chi connectivity index (χ0) is 22.1. The number of aromatic nitrogens is 2. The molecule has 162 valence electrons. The Hall–Kier alpha value is -2.93. The molecule has 3 aromatic rings. The molecule has 1 atom stereocenters. The Bertz CT molecular complexity index is 1110. The number of amides is 1. The summed E-state index contributed by atoms with van der Waals surface area (Å²) in [5, 5.41) is 6.76. The van der Waals surface area contributed by atoms with Gasteiger partial charge in [-0.15, -0.1) is 11.3 Å². The number of methoxy groups -OCH3 is 1. The van der Waals surface area contributed by atoms with Crippen LogP contribution in [-0.4, -0.2) is 40.2 Å². The van der Waals surface area contributed by atoms with Gasteiger partial charge < -0.3 is 9.64 Å². The van der Waals surface area contributed by atoms with Gasteiger partial charge in [0.25, 0.3) is 5.91 Å². The van der Waals surface area contributed by atoms with Crippen molar-refractivity contribution in [1.82, 2.24) is 14.7 Å². The van der Waals surface area contributed by atoms with E-state index in [2.05, 4.69) is 23.5 Å². The van der Waals surface area contributed by atoms with Gasteiger partial charge in [0.1, 0.15) is 0 Å². The van der Waals surface area contributed by atoms with Gasteiger partial charge in [0.2, 0.25) is 0 Å². The molecule has 0 radical (unpaired) electrons. The van der Waals surface area contributed by atoms with E-state index in [1.54, 1.807) is 11.3 Å². The molecule has 0 N–H and O–H groups in total. The molecule has 2 aromatic heterocycles. The number of esters is 1. The number of rotatable bonds is 5. The van der Waals surface area contributed by atoms with Crippen molar-refractivity contribution in [3.05, 3.63) is 68.7 Å². The number of benzene rings is 1. The summed E-state index contributed by atoms with van der Waals surface area (Å²) >= 11 is 1.78. The lowest BCUT2D eigenvalue weighted by atomic mass is 10.0. The topological polar surface area (TPSA) is 64.4 Å². The predicted octanol–water partition coefficient (Wildman–Crippen LogP) is 4.42. The Morgan fingerprint density at radius 3 is 2.65 bits per heavy atom. The Balaban J connectivity index is 1.52. The van der Waals surface area contributed by atoms with Gasteiger partial charge in [-0.25, -0.2) is 4.68 Å². The maximum Gasteiger partial charge on any atom is 0.305 e. The number of hydrogen-bond acceptors (Lipinski definition) is 5. The average molecular weight is 438 g/mol. The maximum absolute atomic E-state index is 13.2. The first-order chi connectivity index (χ1) is 14.9. The molecule has 1 amide bonds. The van der Waals surface area contributed by atoms with Crippen LogP contribution in [0.4, 0.5) is 0 Å². The van der Waals surface area contributed by atoms with Crippen LogP contribution in [0.5, 0.6) is 0 Å². The SMILES string of the molecule is COC(=O)CCc1c(C)nn(-c2ccc(C(=O)N3CCc4sccc4C3C)cc2)c1C. The van der Waals surface area contributed by atoms with Crippen LogP contribution in [0.15, 0.2) is 35.7 Å². The van der Waals surface area contributed by atoms with Crippen molar-refractivity contribution in [1.29, 1.82) is 0 Å². The third kappa shape index (κ3) is 4.02. The first-order valence-electron chi connectivity index (χ1n) is 10.5. The van der Waals surface area contributed by atoms with Crippen LogP contribution in [0.2, 0.25) is 0 Å². The number of ether oxygens (including phenoxy) is 1. The van der Waals surface area contributed by atoms with E-state index in [1.807, 2.05) is 47.7 Å². The second kappa shape index (κ2) is 8.67. The number of aryl methyl sites for hydroxylation is 1. The van der Waals surface area contributed by atoms with Crippen LogP contribution in [0, 0.1) is 13.8 Å². The molecule has 7 heteroatoms. The first kappa shape index (κ1) is 21.3. The van der Waals surface area contributed by atoms with Crippen molar-refractivity contribution in [3.8, 4) is 5.69 Å². The molecule has 0 aliphatic carbocycles. The molecule has 1 unspecified atom stereocenters. The Kier molecular flexibility index (Phi) is 5.96. The number of fused-ring (bicyclic) bond motifs is 1. The van der Waals surface area contributed by atoms with Gasteiger partial charge in [0.05, 0.1) is 24.5 Å². The van der Waals surface area contributed by atoms with Gasteiger partial charge in [-0.1, -0.05) is 0 Å². The van der Waals surface area contributed by atoms with E-state index in [0.717, 1.165) is 35.6 Å². The second-order valence-corrected chi connectivity index (χ2v) is 8.91. The monoisotopic (exact) mass is 437 g/mol. The van der Waals surface area contributed by atoms with E-state index >= 15 is 0 Å². The number of hydrogen-bond donors (Lipinski definition) is 0. The normalized spacial score (nSPS) is 15.6. The third-order valence-corrected chi connectivity index (χ3v) is 7.14. The van der Waals surface area contributed by atoms with Crippen LogP contribution >= 0.6 is 11.3 Å². The summed E-state index contributed by atoms with van der Waals surface area (Å²) in [6.45, 7) is 6.79. The lowest BCUT2D eigenvalue weighted by Crippen LogP contribution is -2.38. The van der Waals surface area contributed by atoms with Crippen molar-refractivity contribution >= 4 is 23.2 Å². The highest BCUT2D eigenvalue weighted by molar-refractivity contribution is 7.10. The fourth-order valence-corrected chi connectivity index (χ4v) is 5.28.